The zero-order chi connectivity index (χ0) is 17.6. The average molecular weight is 327 g/mol. The van der Waals surface area contributed by atoms with Crippen LogP contribution < -0.4 is 17.2 Å². The zero-order valence-electron chi connectivity index (χ0n) is 12.4. The van der Waals surface area contributed by atoms with Crippen LogP contribution in [0.1, 0.15) is 20.3 Å². The lowest BCUT2D eigenvalue weighted by molar-refractivity contribution is -0.139. The highest BCUT2D eigenvalue weighted by molar-refractivity contribution is 7.98. The Morgan fingerprint density at radius 3 is 1.33 bits per heavy atom. The van der Waals surface area contributed by atoms with Gasteiger partial charge in [0.1, 0.15) is 18.1 Å². The maximum absolute atomic E-state index is 10.1. The van der Waals surface area contributed by atoms with Crippen LogP contribution in [0.4, 0.5) is 0 Å². The fraction of sp³-hybridized carbons (Fsp3) is 0.727. The number of carbonyl (C=O) groups is 3. The second-order valence-electron chi connectivity index (χ2n) is 3.98. The molecule has 0 spiro atoms. The Morgan fingerprint density at radius 1 is 0.905 bits per heavy atom. The summed E-state index contributed by atoms with van der Waals surface area (Å²) in [6, 6.07) is -2.15. The summed E-state index contributed by atoms with van der Waals surface area (Å²) in [4.78, 5) is 29.2. The van der Waals surface area contributed by atoms with Gasteiger partial charge in [0.2, 0.25) is 0 Å². The van der Waals surface area contributed by atoms with Crippen molar-refractivity contribution < 1.29 is 29.7 Å². The summed E-state index contributed by atoms with van der Waals surface area (Å²) in [7, 11) is 0. The van der Waals surface area contributed by atoms with Gasteiger partial charge in [-0.1, -0.05) is 0 Å². The summed E-state index contributed by atoms with van der Waals surface area (Å²) in [6.45, 7) is 2.84. The Kier molecular flexibility index (Phi) is 17.6. The van der Waals surface area contributed by atoms with E-state index in [2.05, 4.69) is 0 Å². The monoisotopic (exact) mass is 327 g/mol. The molecule has 0 saturated heterocycles. The number of nitrogens with two attached hydrogens (primary N) is 3. The maximum atomic E-state index is 10.1. The summed E-state index contributed by atoms with van der Waals surface area (Å²) in [6.07, 6.45) is 2.48. The first-order valence-corrected chi connectivity index (χ1v) is 7.30. The quantitative estimate of drug-likeness (QED) is 0.352. The predicted molar refractivity (Wildman–Crippen MR) is 81.2 cm³/mol. The third-order valence-electron chi connectivity index (χ3n) is 1.73. The zero-order valence-corrected chi connectivity index (χ0v) is 13.2. The average Bonchev–Trinajstić information content (AvgIpc) is 2.36. The van der Waals surface area contributed by atoms with E-state index in [4.69, 9.17) is 32.5 Å². The van der Waals surface area contributed by atoms with Gasteiger partial charge in [-0.05, 0) is 32.3 Å². The van der Waals surface area contributed by atoms with Crippen LogP contribution in [0.3, 0.4) is 0 Å². The van der Waals surface area contributed by atoms with Crippen LogP contribution >= 0.6 is 11.8 Å². The molecule has 9 nitrogen and oxygen atoms in total. The number of rotatable bonds is 6. The molecule has 0 aromatic carbocycles. The summed E-state index contributed by atoms with van der Waals surface area (Å²) >= 11 is 1.60. The molecule has 0 radical (unpaired) electrons. The van der Waals surface area contributed by atoms with E-state index in [1.54, 1.807) is 11.8 Å². The SMILES string of the molecule is CSCC[C@H](N)C(=O)O.C[C@H](N)C(=O)O.C[C@H](N)C(=O)O. The fourth-order valence-electron chi connectivity index (χ4n) is 0.368. The van der Waals surface area contributed by atoms with Crippen molar-refractivity contribution in [3.63, 3.8) is 0 Å². The minimum Gasteiger partial charge on any atom is -0.480 e. The molecule has 0 aromatic rings. The molecule has 0 unspecified atom stereocenters. The molecule has 0 amide bonds. The molecule has 0 fully saturated rings. The van der Waals surface area contributed by atoms with Crippen LogP contribution in [0.5, 0.6) is 0 Å². The van der Waals surface area contributed by atoms with Gasteiger partial charge in [0.25, 0.3) is 0 Å². The number of thioether (sulfide) groups is 1. The van der Waals surface area contributed by atoms with Gasteiger partial charge in [-0.3, -0.25) is 14.4 Å². The largest absolute Gasteiger partial charge is 0.480 e. The van der Waals surface area contributed by atoms with Gasteiger partial charge in [0.15, 0.2) is 0 Å². The Hall–Kier alpha value is -1.36. The lowest BCUT2D eigenvalue weighted by Crippen LogP contribution is -2.30. The first kappa shape index (κ1) is 24.6. The molecular formula is C11H25N3O6S. The van der Waals surface area contributed by atoms with Gasteiger partial charge < -0.3 is 32.5 Å². The number of carboxylic acids is 3. The van der Waals surface area contributed by atoms with Crippen molar-refractivity contribution in [2.24, 2.45) is 17.2 Å². The van der Waals surface area contributed by atoms with Crippen molar-refractivity contribution in [3.8, 4) is 0 Å². The van der Waals surface area contributed by atoms with Gasteiger partial charge in [0.05, 0.1) is 0 Å². The van der Waals surface area contributed by atoms with E-state index in [9.17, 15) is 14.4 Å². The minimum absolute atomic E-state index is 0.552. The Morgan fingerprint density at radius 2 is 1.19 bits per heavy atom. The molecule has 0 bridgehead atoms. The summed E-state index contributed by atoms with van der Waals surface area (Å²) in [5.41, 5.74) is 14.9. The van der Waals surface area contributed by atoms with Crippen LogP contribution in [0.15, 0.2) is 0 Å². The number of aliphatic carboxylic acids is 3. The van der Waals surface area contributed by atoms with Crippen molar-refractivity contribution in [2.75, 3.05) is 12.0 Å². The first-order chi connectivity index (χ1) is 9.47. The fourth-order valence-corrected chi connectivity index (χ4v) is 0.858. The van der Waals surface area contributed by atoms with Crippen LogP contribution in [-0.4, -0.2) is 63.4 Å². The van der Waals surface area contributed by atoms with E-state index in [0.29, 0.717) is 6.42 Å². The van der Waals surface area contributed by atoms with Crippen molar-refractivity contribution in [1.82, 2.24) is 0 Å². The van der Waals surface area contributed by atoms with Crippen molar-refractivity contribution >= 4 is 29.7 Å². The molecular weight excluding hydrogens is 302 g/mol. The molecule has 0 aliphatic rings. The van der Waals surface area contributed by atoms with Crippen LogP contribution in [-0.2, 0) is 14.4 Å². The highest BCUT2D eigenvalue weighted by atomic mass is 32.2. The van der Waals surface area contributed by atoms with Crippen molar-refractivity contribution in [2.45, 2.75) is 38.4 Å². The standard InChI is InChI=1S/C5H11NO2S.2C3H7NO2/c1-9-3-2-4(6)5(7)8;2*1-2(4)3(5)6/h4H,2-3,6H2,1H3,(H,7,8);2*2H,4H2,1H3,(H,5,6)/t4-;2*2-/m000/s1. The number of hydrogen-bond acceptors (Lipinski definition) is 7. The third-order valence-corrected chi connectivity index (χ3v) is 2.37. The highest BCUT2D eigenvalue weighted by Gasteiger charge is 2.08. The highest BCUT2D eigenvalue weighted by Crippen LogP contribution is 1.97. The number of carboxylic acid groups (broad SMARTS) is 3. The molecule has 0 aliphatic heterocycles. The molecule has 0 heterocycles. The molecule has 3 atom stereocenters. The van der Waals surface area contributed by atoms with Crippen LogP contribution in [0.2, 0.25) is 0 Å². The van der Waals surface area contributed by atoms with Gasteiger partial charge >= 0.3 is 17.9 Å². The summed E-state index contributed by atoms with van der Waals surface area (Å²) in [5, 5.41) is 24.0. The van der Waals surface area contributed by atoms with Gasteiger partial charge in [-0.15, -0.1) is 0 Å². The van der Waals surface area contributed by atoms with E-state index in [-0.39, 0.29) is 0 Å². The van der Waals surface area contributed by atoms with E-state index >= 15 is 0 Å². The molecule has 10 heteroatoms. The molecule has 21 heavy (non-hydrogen) atoms. The van der Waals surface area contributed by atoms with Crippen molar-refractivity contribution in [1.29, 1.82) is 0 Å². The molecule has 126 valence electrons. The lowest BCUT2D eigenvalue weighted by atomic mass is 10.2. The lowest BCUT2D eigenvalue weighted by Gasteiger charge is -2.02. The Bertz CT molecular complexity index is 294. The van der Waals surface area contributed by atoms with Crippen LogP contribution in [0.25, 0.3) is 0 Å². The van der Waals surface area contributed by atoms with E-state index in [1.165, 1.54) is 13.8 Å². The topological polar surface area (TPSA) is 190 Å². The third kappa shape index (κ3) is 24.1. The predicted octanol–water partition coefficient (Wildman–Crippen LogP) is -1.01. The molecule has 0 rings (SSSR count). The minimum atomic E-state index is -0.963. The van der Waals surface area contributed by atoms with Gasteiger partial charge in [0, 0.05) is 0 Å². The second-order valence-corrected chi connectivity index (χ2v) is 4.97. The molecule has 9 N–H and O–H groups in total. The molecule has 0 aromatic heterocycles. The maximum Gasteiger partial charge on any atom is 0.320 e. The first-order valence-electron chi connectivity index (χ1n) is 5.91. The van der Waals surface area contributed by atoms with E-state index in [1.807, 2.05) is 6.26 Å². The smallest absolute Gasteiger partial charge is 0.320 e. The Balaban J connectivity index is -0.000000240. The van der Waals surface area contributed by atoms with Crippen molar-refractivity contribution in [3.05, 3.63) is 0 Å². The van der Waals surface area contributed by atoms with E-state index in [0.717, 1.165) is 5.75 Å². The van der Waals surface area contributed by atoms with Gasteiger partial charge in [-0.2, -0.15) is 11.8 Å². The van der Waals surface area contributed by atoms with E-state index < -0.39 is 36.0 Å². The van der Waals surface area contributed by atoms with Gasteiger partial charge in [-0.25, -0.2) is 0 Å². The summed E-state index contributed by atoms with van der Waals surface area (Å²) in [5.74, 6) is -2.03. The second kappa shape index (κ2) is 15.0. The normalized spacial score (nSPS) is 13.4. The molecule has 0 aliphatic carbocycles. The Labute approximate surface area is 127 Å². The summed E-state index contributed by atoms with van der Waals surface area (Å²) < 4.78 is 0. The molecule has 0 saturated carbocycles. The van der Waals surface area contributed by atoms with Crippen LogP contribution in [0, 0.1) is 0 Å². The number of hydrogen-bond donors (Lipinski definition) is 6.